The summed E-state index contributed by atoms with van der Waals surface area (Å²) in [5.41, 5.74) is 0. The quantitative estimate of drug-likeness (QED) is 0.698. The molecule has 1 aromatic rings. The normalized spacial score (nSPS) is 21.7. The Morgan fingerprint density at radius 2 is 1.79 bits per heavy atom. The molecule has 0 spiro atoms. The summed E-state index contributed by atoms with van der Waals surface area (Å²) in [6.45, 7) is 5.85. The zero-order valence-electron chi connectivity index (χ0n) is 11.7. The average Bonchev–Trinajstić information content (AvgIpc) is 2.38. The lowest BCUT2D eigenvalue weighted by Crippen LogP contribution is -2.39. The van der Waals surface area contributed by atoms with Gasteiger partial charge < -0.3 is 20.6 Å². The van der Waals surface area contributed by atoms with Crippen LogP contribution in [0.4, 0.5) is 17.8 Å². The lowest BCUT2D eigenvalue weighted by atomic mass is 9.90. The minimum atomic E-state index is -0.189. The first-order valence-corrected chi connectivity index (χ1v) is 6.79. The Balaban J connectivity index is 2.15. The monoisotopic (exact) mass is 266 g/mol. The first-order chi connectivity index (χ1) is 9.16. The maximum Gasteiger partial charge on any atom is 0.231 e. The van der Waals surface area contributed by atoms with E-state index in [-0.39, 0.29) is 12.1 Å². The van der Waals surface area contributed by atoms with Crippen LogP contribution < -0.4 is 15.5 Å². The smallest absolute Gasteiger partial charge is 0.231 e. The average molecular weight is 266 g/mol. The van der Waals surface area contributed by atoms with Crippen LogP contribution in [0.3, 0.4) is 0 Å². The summed E-state index contributed by atoms with van der Waals surface area (Å²) in [7, 11) is 1.79. The summed E-state index contributed by atoms with van der Waals surface area (Å²) in [6.07, 6.45) is 1.31. The highest BCUT2D eigenvalue weighted by Gasteiger charge is 2.28. The topological polar surface area (TPSA) is 86.2 Å². The van der Waals surface area contributed by atoms with Crippen LogP contribution in [-0.2, 0) is 0 Å². The van der Waals surface area contributed by atoms with Crippen molar-refractivity contribution in [3.05, 3.63) is 0 Å². The molecule has 7 heteroatoms. The molecule has 1 saturated carbocycles. The van der Waals surface area contributed by atoms with Gasteiger partial charge in [-0.3, -0.25) is 0 Å². The number of hydrogen-bond donors (Lipinski definition) is 3. The van der Waals surface area contributed by atoms with Crippen LogP contribution in [0, 0.1) is 0 Å². The van der Waals surface area contributed by atoms with E-state index in [4.69, 9.17) is 0 Å². The number of aliphatic hydroxyl groups excluding tert-OH is 1. The zero-order valence-corrected chi connectivity index (χ0v) is 11.7. The molecule has 1 aliphatic carbocycles. The van der Waals surface area contributed by atoms with Gasteiger partial charge in [0, 0.05) is 26.2 Å². The summed E-state index contributed by atoms with van der Waals surface area (Å²) in [5, 5.41) is 15.5. The highest BCUT2D eigenvalue weighted by molar-refractivity contribution is 5.44. The minimum absolute atomic E-state index is 0.189. The predicted molar refractivity (Wildman–Crippen MR) is 75.6 cm³/mol. The van der Waals surface area contributed by atoms with Crippen LogP contribution in [-0.4, -0.2) is 52.3 Å². The van der Waals surface area contributed by atoms with Gasteiger partial charge in [0.25, 0.3) is 0 Å². The number of aromatic nitrogens is 3. The van der Waals surface area contributed by atoms with Gasteiger partial charge in [0.1, 0.15) is 0 Å². The first kappa shape index (κ1) is 13.8. The molecular formula is C12H22N6O. The fourth-order valence-electron chi connectivity index (χ4n) is 2.08. The molecule has 0 saturated heterocycles. The van der Waals surface area contributed by atoms with Gasteiger partial charge in [-0.2, -0.15) is 15.0 Å². The van der Waals surface area contributed by atoms with E-state index in [0.29, 0.717) is 17.8 Å². The van der Waals surface area contributed by atoms with Crippen LogP contribution in [0.5, 0.6) is 0 Å². The molecule has 2 rings (SSSR count). The number of anilines is 3. The van der Waals surface area contributed by atoms with Crippen LogP contribution in [0.25, 0.3) is 0 Å². The van der Waals surface area contributed by atoms with E-state index in [1.54, 1.807) is 7.05 Å². The second kappa shape index (κ2) is 6.01. The van der Waals surface area contributed by atoms with Crippen molar-refractivity contribution >= 4 is 17.8 Å². The Hall–Kier alpha value is -1.63. The Morgan fingerprint density at radius 1 is 1.16 bits per heavy atom. The summed E-state index contributed by atoms with van der Waals surface area (Å²) in [6, 6.07) is 0.256. The zero-order chi connectivity index (χ0) is 13.8. The maximum atomic E-state index is 9.30. The van der Waals surface area contributed by atoms with Crippen LogP contribution in [0.15, 0.2) is 0 Å². The minimum Gasteiger partial charge on any atom is -0.393 e. The Labute approximate surface area is 113 Å². The maximum absolute atomic E-state index is 9.30. The molecule has 19 heavy (non-hydrogen) atoms. The number of aliphatic hydroxyl groups is 1. The van der Waals surface area contributed by atoms with Gasteiger partial charge in [0.2, 0.25) is 17.8 Å². The molecule has 1 fully saturated rings. The molecule has 106 valence electrons. The highest BCUT2D eigenvalue weighted by atomic mass is 16.3. The third-order valence-electron chi connectivity index (χ3n) is 3.34. The molecule has 0 atom stereocenters. The molecule has 0 aromatic carbocycles. The molecule has 1 aliphatic rings. The summed E-state index contributed by atoms with van der Waals surface area (Å²) < 4.78 is 0. The van der Waals surface area contributed by atoms with Crippen molar-refractivity contribution < 1.29 is 5.11 Å². The molecular weight excluding hydrogens is 244 g/mol. The molecule has 3 N–H and O–H groups in total. The molecule has 1 heterocycles. The lowest BCUT2D eigenvalue weighted by molar-refractivity contribution is 0.0834. The summed E-state index contributed by atoms with van der Waals surface area (Å²) in [4.78, 5) is 15.2. The molecule has 0 amide bonds. The van der Waals surface area contributed by atoms with Crippen molar-refractivity contribution in [1.29, 1.82) is 0 Å². The van der Waals surface area contributed by atoms with Gasteiger partial charge in [-0.25, -0.2) is 0 Å². The van der Waals surface area contributed by atoms with Gasteiger partial charge in [-0.1, -0.05) is 0 Å². The van der Waals surface area contributed by atoms with Crippen LogP contribution >= 0.6 is 0 Å². The standard InChI is InChI=1S/C12H22N6O/c1-4-18(5-2)12-16-10(13-3)15-11(17-12)14-8-6-9(19)7-8/h8-9,19H,4-7H2,1-3H3,(H2,13,14,15,16,17). The van der Waals surface area contributed by atoms with Crippen molar-refractivity contribution in [2.75, 3.05) is 35.7 Å². The largest absolute Gasteiger partial charge is 0.393 e. The van der Waals surface area contributed by atoms with E-state index in [1.165, 1.54) is 0 Å². The fourth-order valence-corrected chi connectivity index (χ4v) is 2.08. The summed E-state index contributed by atoms with van der Waals surface area (Å²) >= 11 is 0. The van der Waals surface area contributed by atoms with E-state index in [1.807, 2.05) is 0 Å². The van der Waals surface area contributed by atoms with Gasteiger partial charge in [-0.05, 0) is 26.7 Å². The van der Waals surface area contributed by atoms with E-state index < -0.39 is 0 Å². The highest BCUT2D eigenvalue weighted by Crippen LogP contribution is 2.23. The number of nitrogens with zero attached hydrogens (tertiary/aromatic N) is 4. The van der Waals surface area contributed by atoms with E-state index in [2.05, 4.69) is 44.3 Å². The van der Waals surface area contributed by atoms with Crippen LogP contribution in [0.1, 0.15) is 26.7 Å². The Kier molecular flexibility index (Phi) is 4.36. The van der Waals surface area contributed by atoms with Crippen molar-refractivity contribution in [2.24, 2.45) is 0 Å². The molecule has 0 radical (unpaired) electrons. The molecule has 0 aliphatic heterocycles. The van der Waals surface area contributed by atoms with E-state index in [9.17, 15) is 5.11 Å². The molecule has 1 aromatic heterocycles. The lowest BCUT2D eigenvalue weighted by Gasteiger charge is -2.32. The van der Waals surface area contributed by atoms with Crippen molar-refractivity contribution in [3.63, 3.8) is 0 Å². The summed E-state index contributed by atoms with van der Waals surface area (Å²) in [5.74, 6) is 1.80. The van der Waals surface area contributed by atoms with Crippen molar-refractivity contribution in [3.8, 4) is 0 Å². The molecule has 0 bridgehead atoms. The predicted octanol–water partition coefficient (Wildman–Crippen LogP) is 0.695. The SMILES string of the molecule is CCN(CC)c1nc(NC)nc(NC2CC(O)C2)n1. The fraction of sp³-hybridized carbons (Fsp3) is 0.750. The Morgan fingerprint density at radius 3 is 2.32 bits per heavy atom. The number of hydrogen-bond acceptors (Lipinski definition) is 7. The molecule has 0 unspecified atom stereocenters. The molecule has 7 nitrogen and oxygen atoms in total. The van der Waals surface area contributed by atoms with Gasteiger partial charge >= 0.3 is 0 Å². The van der Waals surface area contributed by atoms with E-state index >= 15 is 0 Å². The Bertz CT molecular complexity index is 417. The van der Waals surface area contributed by atoms with Gasteiger partial charge in [-0.15, -0.1) is 0 Å². The number of rotatable bonds is 6. The van der Waals surface area contributed by atoms with Crippen LogP contribution in [0.2, 0.25) is 0 Å². The second-order valence-corrected chi connectivity index (χ2v) is 4.67. The third kappa shape index (κ3) is 3.23. The number of nitrogens with one attached hydrogen (secondary N) is 2. The first-order valence-electron chi connectivity index (χ1n) is 6.79. The van der Waals surface area contributed by atoms with E-state index in [0.717, 1.165) is 25.9 Å². The van der Waals surface area contributed by atoms with Crippen molar-refractivity contribution in [2.45, 2.75) is 38.8 Å². The van der Waals surface area contributed by atoms with Gasteiger partial charge in [0.05, 0.1) is 6.10 Å². The van der Waals surface area contributed by atoms with Gasteiger partial charge in [0.15, 0.2) is 0 Å². The van der Waals surface area contributed by atoms with Crippen molar-refractivity contribution in [1.82, 2.24) is 15.0 Å². The second-order valence-electron chi connectivity index (χ2n) is 4.67. The third-order valence-corrected chi connectivity index (χ3v) is 3.34.